The van der Waals surface area contributed by atoms with Crippen LogP contribution in [0.4, 0.5) is 0 Å². The van der Waals surface area contributed by atoms with Crippen molar-refractivity contribution in [1.82, 2.24) is 9.97 Å². The fraction of sp³-hybridized carbons (Fsp3) is 0.621. The second-order valence-electron chi connectivity index (χ2n) is 9.76. The zero-order valence-electron chi connectivity index (χ0n) is 20.3. The molecule has 3 rings (SSSR count). The fourth-order valence-electron chi connectivity index (χ4n) is 5.12. The van der Waals surface area contributed by atoms with E-state index in [1.165, 1.54) is 82.6 Å². The molecule has 1 aromatic carbocycles. The molecular formula is C29H41N3. The molecule has 1 heterocycles. The van der Waals surface area contributed by atoms with Gasteiger partial charge in [0.1, 0.15) is 5.82 Å². The second kappa shape index (κ2) is 13.4. The Labute approximate surface area is 195 Å². The maximum absolute atomic E-state index is 9.65. The van der Waals surface area contributed by atoms with Crippen LogP contribution >= 0.6 is 0 Å². The first-order valence-corrected chi connectivity index (χ1v) is 13.1. The summed E-state index contributed by atoms with van der Waals surface area (Å²) in [6.45, 7) is 4.51. The third-order valence-corrected chi connectivity index (χ3v) is 7.25. The number of hydrogen-bond donors (Lipinski definition) is 0. The Morgan fingerprint density at radius 2 is 1.50 bits per heavy atom. The van der Waals surface area contributed by atoms with Gasteiger partial charge < -0.3 is 0 Å². The number of hydrogen-bond acceptors (Lipinski definition) is 3. The van der Waals surface area contributed by atoms with Gasteiger partial charge in [0.2, 0.25) is 0 Å². The van der Waals surface area contributed by atoms with Crippen LogP contribution < -0.4 is 0 Å². The molecule has 32 heavy (non-hydrogen) atoms. The first-order valence-electron chi connectivity index (χ1n) is 13.1. The van der Waals surface area contributed by atoms with Gasteiger partial charge in [-0.3, -0.25) is 0 Å². The molecule has 2 aromatic rings. The maximum atomic E-state index is 9.65. The van der Waals surface area contributed by atoms with Crippen LogP contribution in [0.5, 0.6) is 0 Å². The quantitative estimate of drug-likeness (QED) is 0.319. The average Bonchev–Trinajstić information content (AvgIpc) is 2.84. The normalized spacial score (nSPS) is 18.4. The molecular weight excluding hydrogens is 390 g/mol. The summed E-state index contributed by atoms with van der Waals surface area (Å²) < 4.78 is 0. The molecule has 0 aliphatic heterocycles. The van der Waals surface area contributed by atoms with Gasteiger partial charge in [0.05, 0.1) is 11.6 Å². The molecule has 1 saturated carbocycles. The van der Waals surface area contributed by atoms with Gasteiger partial charge in [0.15, 0.2) is 0 Å². The van der Waals surface area contributed by atoms with E-state index < -0.39 is 0 Å². The lowest BCUT2D eigenvalue weighted by Crippen LogP contribution is -2.15. The number of aryl methyl sites for hydroxylation is 2. The lowest BCUT2D eigenvalue weighted by molar-refractivity contribution is 0.248. The predicted molar refractivity (Wildman–Crippen MR) is 133 cm³/mol. The van der Waals surface area contributed by atoms with Crippen LogP contribution in [-0.2, 0) is 12.8 Å². The molecule has 0 atom stereocenters. The Bertz CT molecular complexity index is 842. The van der Waals surface area contributed by atoms with E-state index in [1.807, 2.05) is 18.5 Å². The lowest BCUT2D eigenvalue weighted by Gasteiger charge is -2.28. The minimum absolute atomic E-state index is 0.728. The molecule has 0 spiro atoms. The highest BCUT2D eigenvalue weighted by atomic mass is 14.9. The van der Waals surface area contributed by atoms with Crippen LogP contribution in [0.2, 0.25) is 0 Å². The number of nitrogens with zero attached hydrogens (tertiary/aromatic N) is 3. The summed E-state index contributed by atoms with van der Waals surface area (Å²) in [7, 11) is 0. The van der Waals surface area contributed by atoms with Gasteiger partial charge in [-0.25, -0.2) is 9.97 Å². The van der Waals surface area contributed by atoms with E-state index in [1.54, 1.807) is 0 Å². The number of aromatic nitrogens is 2. The molecule has 1 fully saturated rings. The van der Waals surface area contributed by atoms with Crippen molar-refractivity contribution in [2.75, 3.05) is 0 Å². The number of nitriles is 1. The van der Waals surface area contributed by atoms with E-state index in [2.05, 4.69) is 42.0 Å². The van der Waals surface area contributed by atoms with Gasteiger partial charge in [0, 0.05) is 29.9 Å². The van der Waals surface area contributed by atoms with Crippen LogP contribution in [0.3, 0.4) is 0 Å². The highest BCUT2D eigenvalue weighted by molar-refractivity contribution is 5.69. The molecule has 1 aromatic heterocycles. The zero-order chi connectivity index (χ0) is 22.6. The predicted octanol–water partition coefficient (Wildman–Crippen LogP) is 8.07. The minimum Gasteiger partial charge on any atom is -0.241 e. The summed E-state index contributed by atoms with van der Waals surface area (Å²) in [5, 5.41) is 9.65. The SMILES string of the molecule is CCCCCc1ccc(-c2cnc(CCC3CCC(CCCCC)CC3)nc2)c(C#N)c1. The summed E-state index contributed by atoms with van der Waals surface area (Å²) in [6.07, 6.45) is 21.8. The van der Waals surface area contributed by atoms with Crippen molar-refractivity contribution < 1.29 is 0 Å². The highest BCUT2D eigenvalue weighted by Crippen LogP contribution is 2.34. The number of unbranched alkanes of at least 4 members (excludes halogenated alkanes) is 4. The summed E-state index contributed by atoms with van der Waals surface area (Å²) in [5.41, 5.74) is 3.86. The summed E-state index contributed by atoms with van der Waals surface area (Å²) in [5.74, 6) is 2.75. The largest absolute Gasteiger partial charge is 0.241 e. The van der Waals surface area contributed by atoms with E-state index in [9.17, 15) is 5.26 Å². The van der Waals surface area contributed by atoms with Crippen LogP contribution in [0, 0.1) is 23.2 Å². The second-order valence-corrected chi connectivity index (χ2v) is 9.76. The third kappa shape index (κ3) is 7.44. The van der Waals surface area contributed by atoms with Gasteiger partial charge >= 0.3 is 0 Å². The van der Waals surface area contributed by atoms with Crippen LogP contribution in [0.15, 0.2) is 30.6 Å². The Hall–Kier alpha value is -2.21. The Morgan fingerprint density at radius 1 is 0.844 bits per heavy atom. The van der Waals surface area contributed by atoms with E-state index in [0.29, 0.717) is 0 Å². The number of rotatable bonds is 12. The fourth-order valence-corrected chi connectivity index (χ4v) is 5.12. The summed E-state index contributed by atoms with van der Waals surface area (Å²) >= 11 is 0. The topological polar surface area (TPSA) is 49.6 Å². The van der Waals surface area contributed by atoms with Crippen molar-refractivity contribution in [3.8, 4) is 17.2 Å². The Balaban J connectivity index is 1.50. The van der Waals surface area contributed by atoms with Crippen molar-refractivity contribution in [1.29, 1.82) is 5.26 Å². The average molecular weight is 432 g/mol. The first-order chi connectivity index (χ1) is 15.7. The van der Waals surface area contributed by atoms with Crippen molar-refractivity contribution in [2.24, 2.45) is 11.8 Å². The molecule has 3 heteroatoms. The molecule has 0 unspecified atom stereocenters. The molecule has 3 nitrogen and oxygen atoms in total. The van der Waals surface area contributed by atoms with Crippen molar-refractivity contribution >= 4 is 0 Å². The molecule has 0 bridgehead atoms. The van der Waals surface area contributed by atoms with Crippen molar-refractivity contribution in [3.05, 3.63) is 47.5 Å². The zero-order valence-corrected chi connectivity index (χ0v) is 20.3. The minimum atomic E-state index is 0.728. The summed E-state index contributed by atoms with van der Waals surface area (Å²) in [4.78, 5) is 9.28. The summed E-state index contributed by atoms with van der Waals surface area (Å²) in [6, 6.07) is 8.63. The number of benzene rings is 1. The first kappa shape index (κ1) is 24.4. The lowest BCUT2D eigenvalue weighted by atomic mass is 9.78. The van der Waals surface area contributed by atoms with Gasteiger partial charge in [-0.05, 0) is 42.7 Å². The van der Waals surface area contributed by atoms with Crippen molar-refractivity contribution in [3.63, 3.8) is 0 Å². The van der Waals surface area contributed by atoms with Gasteiger partial charge in [-0.1, -0.05) is 90.2 Å². The molecule has 0 saturated heterocycles. The van der Waals surface area contributed by atoms with E-state index in [-0.39, 0.29) is 0 Å². The monoisotopic (exact) mass is 431 g/mol. The van der Waals surface area contributed by atoms with E-state index >= 15 is 0 Å². The van der Waals surface area contributed by atoms with Crippen LogP contribution in [0.1, 0.15) is 108 Å². The molecule has 0 radical (unpaired) electrons. The maximum Gasteiger partial charge on any atom is 0.128 e. The van der Waals surface area contributed by atoms with Crippen LogP contribution in [-0.4, -0.2) is 9.97 Å². The van der Waals surface area contributed by atoms with Crippen molar-refractivity contribution in [2.45, 2.75) is 104 Å². The van der Waals surface area contributed by atoms with Gasteiger partial charge in [-0.15, -0.1) is 0 Å². The molecule has 1 aliphatic carbocycles. The van der Waals surface area contributed by atoms with E-state index in [0.717, 1.165) is 47.2 Å². The van der Waals surface area contributed by atoms with Gasteiger partial charge in [-0.2, -0.15) is 5.26 Å². The highest BCUT2D eigenvalue weighted by Gasteiger charge is 2.21. The standard InChI is InChI=1S/C29H41N3/c1-3-5-7-9-23-11-13-24(14-12-23)16-18-29-31-21-27(22-32-29)28-17-15-25(10-8-6-4-2)19-26(28)20-30/h15,17,19,21-24H,3-14,16,18H2,1-2H3. The Morgan fingerprint density at radius 3 is 2.16 bits per heavy atom. The van der Waals surface area contributed by atoms with Gasteiger partial charge in [0.25, 0.3) is 0 Å². The van der Waals surface area contributed by atoms with E-state index in [4.69, 9.17) is 0 Å². The molecule has 0 N–H and O–H groups in total. The molecule has 1 aliphatic rings. The van der Waals surface area contributed by atoms with Crippen LogP contribution in [0.25, 0.3) is 11.1 Å². The molecule has 172 valence electrons. The Kier molecular flexibility index (Phi) is 10.2. The smallest absolute Gasteiger partial charge is 0.128 e. The molecule has 0 amide bonds. The third-order valence-electron chi connectivity index (χ3n) is 7.25.